The SMILES string of the molecule is Cc1sc(-c2sc(C)c(C)[n+]2CC(=O)N2CCCC2)[n+](CC(=O)c2cccs2)c1C. The Bertz CT molecular complexity index is 1090. The number of thiophene rings is 1. The van der Waals surface area contributed by atoms with Crippen molar-refractivity contribution in [2.45, 2.75) is 53.6 Å². The summed E-state index contributed by atoms with van der Waals surface area (Å²) in [5, 5.41) is 4.07. The molecule has 158 valence electrons. The van der Waals surface area contributed by atoms with Crippen molar-refractivity contribution >= 4 is 45.7 Å². The second-order valence-electron chi connectivity index (χ2n) is 7.76. The Morgan fingerprint density at radius 2 is 1.50 bits per heavy atom. The van der Waals surface area contributed by atoms with E-state index in [4.69, 9.17) is 0 Å². The molecule has 8 heteroatoms. The summed E-state index contributed by atoms with van der Waals surface area (Å²) in [6.07, 6.45) is 2.19. The van der Waals surface area contributed by atoms with Crippen LogP contribution >= 0.6 is 34.0 Å². The Morgan fingerprint density at radius 3 is 2.03 bits per heavy atom. The fraction of sp³-hybridized carbons (Fsp3) is 0.455. The number of rotatable bonds is 6. The molecule has 5 nitrogen and oxygen atoms in total. The number of hydrogen-bond donors (Lipinski definition) is 0. The van der Waals surface area contributed by atoms with Gasteiger partial charge in [-0.25, -0.2) is 0 Å². The van der Waals surface area contributed by atoms with Gasteiger partial charge in [-0.05, 0) is 38.1 Å². The monoisotopic (exact) mass is 461 g/mol. The zero-order valence-corrected chi connectivity index (χ0v) is 20.3. The molecule has 1 amide bonds. The summed E-state index contributed by atoms with van der Waals surface area (Å²) in [6, 6.07) is 3.80. The molecular weight excluding hydrogens is 434 g/mol. The molecule has 0 aliphatic carbocycles. The van der Waals surface area contributed by atoms with Gasteiger partial charge in [-0.15, -0.1) is 11.3 Å². The van der Waals surface area contributed by atoms with Crippen LogP contribution in [0.1, 0.15) is 43.7 Å². The second-order valence-corrected chi connectivity index (χ2v) is 11.1. The van der Waals surface area contributed by atoms with E-state index in [1.165, 1.54) is 21.1 Å². The topological polar surface area (TPSA) is 45.1 Å². The molecule has 1 fully saturated rings. The summed E-state index contributed by atoms with van der Waals surface area (Å²) < 4.78 is 4.28. The van der Waals surface area contributed by atoms with Crippen LogP contribution in [0.4, 0.5) is 0 Å². The average molecular weight is 462 g/mol. The van der Waals surface area contributed by atoms with E-state index in [-0.39, 0.29) is 11.7 Å². The van der Waals surface area contributed by atoms with Gasteiger partial charge in [0.25, 0.3) is 5.91 Å². The van der Waals surface area contributed by atoms with Crippen LogP contribution in [0.25, 0.3) is 10.0 Å². The fourth-order valence-electron chi connectivity index (χ4n) is 3.79. The number of carbonyl (C=O) groups excluding carboxylic acids is 2. The molecule has 1 aliphatic rings. The van der Waals surface area contributed by atoms with Crippen LogP contribution in [0, 0.1) is 27.7 Å². The van der Waals surface area contributed by atoms with E-state index in [1.54, 1.807) is 22.7 Å². The third-order valence-corrected chi connectivity index (χ3v) is 9.31. The van der Waals surface area contributed by atoms with Crippen molar-refractivity contribution in [2.24, 2.45) is 0 Å². The molecule has 1 saturated heterocycles. The molecule has 0 aromatic carbocycles. The van der Waals surface area contributed by atoms with Crippen molar-refractivity contribution in [3.05, 3.63) is 43.5 Å². The number of nitrogens with zero attached hydrogens (tertiary/aromatic N) is 3. The van der Waals surface area contributed by atoms with Crippen molar-refractivity contribution < 1.29 is 18.7 Å². The molecule has 4 heterocycles. The summed E-state index contributed by atoms with van der Waals surface area (Å²) in [6.45, 7) is 10.8. The van der Waals surface area contributed by atoms with Gasteiger partial charge in [0.15, 0.2) is 11.4 Å². The smallest absolute Gasteiger partial charge is 0.337 e. The van der Waals surface area contributed by atoms with Crippen LogP contribution in [0.3, 0.4) is 0 Å². The number of likely N-dealkylation sites (tertiary alicyclic amines) is 1. The van der Waals surface area contributed by atoms with Crippen molar-refractivity contribution in [3.63, 3.8) is 0 Å². The maximum Gasteiger partial charge on any atom is 0.346 e. The Kier molecular flexibility index (Phi) is 6.18. The number of amides is 1. The van der Waals surface area contributed by atoms with Crippen LogP contribution in [0.2, 0.25) is 0 Å². The highest BCUT2D eigenvalue weighted by Crippen LogP contribution is 2.30. The molecule has 30 heavy (non-hydrogen) atoms. The van der Waals surface area contributed by atoms with E-state index in [1.807, 2.05) is 22.4 Å². The third-order valence-electron chi connectivity index (χ3n) is 5.85. The Labute approximate surface area is 189 Å². The summed E-state index contributed by atoms with van der Waals surface area (Å²) in [4.78, 5) is 30.9. The van der Waals surface area contributed by atoms with Crippen LogP contribution in [0.5, 0.6) is 0 Å². The van der Waals surface area contributed by atoms with Crippen molar-refractivity contribution in [3.8, 4) is 10.0 Å². The zero-order valence-electron chi connectivity index (χ0n) is 17.9. The van der Waals surface area contributed by atoms with Crippen molar-refractivity contribution in [2.75, 3.05) is 13.1 Å². The third kappa shape index (κ3) is 4.00. The molecular formula is C22H27N3O2S3+2. The van der Waals surface area contributed by atoms with Gasteiger partial charge in [0.05, 0.1) is 14.6 Å². The van der Waals surface area contributed by atoms with E-state index in [0.717, 1.165) is 52.2 Å². The average Bonchev–Trinajstić information content (AvgIpc) is 3.51. The highest BCUT2D eigenvalue weighted by atomic mass is 32.1. The Balaban J connectivity index is 1.72. The molecule has 0 spiro atoms. The van der Waals surface area contributed by atoms with Gasteiger partial charge in [0.2, 0.25) is 18.9 Å². The number of ketones is 1. The van der Waals surface area contributed by atoms with Gasteiger partial charge in [0.1, 0.15) is 0 Å². The van der Waals surface area contributed by atoms with Crippen LogP contribution in [-0.2, 0) is 17.9 Å². The van der Waals surface area contributed by atoms with Crippen LogP contribution < -0.4 is 9.13 Å². The van der Waals surface area contributed by atoms with E-state index in [2.05, 4.69) is 36.8 Å². The van der Waals surface area contributed by atoms with Gasteiger partial charge >= 0.3 is 10.0 Å². The number of hydrogen-bond acceptors (Lipinski definition) is 5. The molecule has 0 atom stereocenters. The first kappa shape index (κ1) is 21.3. The van der Waals surface area contributed by atoms with Gasteiger partial charge in [0, 0.05) is 26.9 Å². The van der Waals surface area contributed by atoms with E-state index < -0.39 is 0 Å². The lowest BCUT2D eigenvalue weighted by atomic mass is 10.3. The number of aromatic nitrogens is 2. The molecule has 0 N–H and O–H groups in total. The van der Waals surface area contributed by atoms with Gasteiger partial charge in [-0.1, -0.05) is 28.7 Å². The van der Waals surface area contributed by atoms with Crippen molar-refractivity contribution in [1.82, 2.24) is 4.90 Å². The molecule has 3 aromatic heterocycles. The lowest BCUT2D eigenvalue weighted by molar-refractivity contribution is -0.702. The van der Waals surface area contributed by atoms with Crippen LogP contribution in [-0.4, -0.2) is 29.7 Å². The van der Waals surface area contributed by atoms with Gasteiger partial charge < -0.3 is 4.90 Å². The standard InChI is InChI=1S/C22H27N3O2S3/c1-14-16(3)29-21(24(14)12-18(26)19-8-7-11-28-19)22-25(15(2)17(4)30-22)13-20(27)23-9-5-6-10-23/h7-8,11H,5-6,9-10,12-13H2,1-4H3/q+2. The molecule has 0 unspecified atom stereocenters. The number of Topliss-reactive ketones (excluding diaryl/α,β-unsaturated/α-hetero) is 1. The lowest BCUT2D eigenvalue weighted by Gasteiger charge is -2.12. The highest BCUT2D eigenvalue weighted by molar-refractivity contribution is 7.21. The van der Waals surface area contributed by atoms with E-state index in [0.29, 0.717) is 13.1 Å². The number of aryl methyl sites for hydroxylation is 2. The number of thiazole rings is 2. The first-order chi connectivity index (χ1) is 14.4. The molecule has 4 rings (SSSR count). The van der Waals surface area contributed by atoms with E-state index in [9.17, 15) is 9.59 Å². The summed E-state index contributed by atoms with van der Waals surface area (Å²) in [7, 11) is 0. The zero-order chi connectivity index (χ0) is 21.4. The quantitative estimate of drug-likeness (QED) is 0.413. The molecule has 3 aromatic rings. The first-order valence-corrected chi connectivity index (χ1v) is 12.7. The maximum atomic E-state index is 12.9. The molecule has 0 bridgehead atoms. The minimum absolute atomic E-state index is 0.127. The molecule has 1 aliphatic heterocycles. The minimum atomic E-state index is 0.127. The van der Waals surface area contributed by atoms with Crippen LogP contribution in [0.15, 0.2) is 17.5 Å². The number of carbonyl (C=O) groups is 2. The van der Waals surface area contributed by atoms with Gasteiger partial charge in [-0.2, -0.15) is 9.13 Å². The molecule has 0 saturated carbocycles. The largest absolute Gasteiger partial charge is 0.346 e. The first-order valence-electron chi connectivity index (χ1n) is 10.2. The second kappa shape index (κ2) is 8.69. The van der Waals surface area contributed by atoms with Crippen molar-refractivity contribution in [1.29, 1.82) is 0 Å². The fourth-order valence-corrected chi connectivity index (χ4v) is 6.81. The predicted molar refractivity (Wildman–Crippen MR) is 121 cm³/mol. The highest BCUT2D eigenvalue weighted by Gasteiger charge is 2.37. The van der Waals surface area contributed by atoms with Gasteiger partial charge in [-0.3, -0.25) is 9.59 Å². The maximum absolute atomic E-state index is 12.9. The molecule has 0 radical (unpaired) electrons. The lowest BCUT2D eigenvalue weighted by Crippen LogP contribution is -2.48. The summed E-state index contributed by atoms with van der Waals surface area (Å²) in [5.74, 6) is 0.313. The summed E-state index contributed by atoms with van der Waals surface area (Å²) in [5.41, 5.74) is 2.24. The minimum Gasteiger partial charge on any atom is -0.337 e. The van der Waals surface area contributed by atoms with E-state index >= 15 is 0 Å². The Morgan fingerprint density at radius 1 is 0.933 bits per heavy atom. The Hall–Kier alpha value is -1.90. The normalized spacial score (nSPS) is 13.9. The summed E-state index contributed by atoms with van der Waals surface area (Å²) >= 11 is 4.90. The predicted octanol–water partition coefficient (Wildman–Crippen LogP) is 3.85.